The van der Waals surface area contributed by atoms with Crippen molar-refractivity contribution in [2.45, 2.75) is 89.4 Å². The lowest BCUT2D eigenvalue weighted by Gasteiger charge is -2.46. The fraction of sp³-hybridized carbons (Fsp3) is 0.360. The zero-order chi connectivity index (χ0) is 41.9. The number of aliphatic hydroxyl groups is 2. The molecule has 1 saturated carbocycles. The van der Waals surface area contributed by atoms with Crippen LogP contribution in [0.25, 0.3) is 10.8 Å². The average Bonchev–Trinajstić information content (AvgIpc) is 3.48. The molecule has 0 heterocycles. The Morgan fingerprint density at radius 3 is 2.42 bits per heavy atom. The van der Waals surface area contributed by atoms with Gasteiger partial charge in [-0.3, -0.25) is 9.59 Å². The summed E-state index contributed by atoms with van der Waals surface area (Å²) in [6.07, 6.45) is 5.18. The predicted octanol–water partition coefficient (Wildman–Crippen LogP) is 9.68. The van der Waals surface area contributed by atoms with Gasteiger partial charge < -0.3 is 24.6 Å². The Morgan fingerprint density at radius 2 is 1.64 bits per heavy atom. The van der Waals surface area contributed by atoms with Crippen molar-refractivity contribution in [3.05, 3.63) is 154 Å². The second-order valence-electron chi connectivity index (χ2n) is 16.7. The lowest BCUT2D eigenvalue weighted by molar-refractivity contribution is -0.140. The molecule has 0 aromatic heterocycles. The molecular formula is C50H53F2NO6. The number of halogens is 2. The molecule has 7 nitrogen and oxygen atoms in total. The number of hydrogen-bond acceptors (Lipinski definition) is 6. The summed E-state index contributed by atoms with van der Waals surface area (Å²) in [7, 11) is 3.12. The molecule has 5 aromatic carbocycles. The van der Waals surface area contributed by atoms with Crippen molar-refractivity contribution in [2.24, 2.45) is 5.41 Å². The highest BCUT2D eigenvalue weighted by molar-refractivity contribution is 6.10. The topological polar surface area (TPSA) is 96.3 Å². The average molecular weight is 802 g/mol. The van der Waals surface area contributed by atoms with Gasteiger partial charge in [-0.15, -0.1) is 0 Å². The van der Waals surface area contributed by atoms with E-state index in [9.17, 15) is 28.6 Å². The van der Waals surface area contributed by atoms with E-state index in [-0.39, 0.29) is 36.9 Å². The molecule has 9 heteroatoms. The molecule has 0 unspecified atom stereocenters. The fourth-order valence-corrected chi connectivity index (χ4v) is 9.45. The second-order valence-corrected chi connectivity index (χ2v) is 16.7. The van der Waals surface area contributed by atoms with Crippen LogP contribution in [0, 0.1) is 17.0 Å². The first kappa shape index (κ1) is 41.8. The molecule has 0 radical (unpaired) electrons. The van der Waals surface area contributed by atoms with E-state index in [0.717, 1.165) is 45.2 Å². The van der Waals surface area contributed by atoms with Crippen LogP contribution < -0.4 is 9.47 Å². The monoisotopic (exact) mass is 801 g/mol. The molecule has 59 heavy (non-hydrogen) atoms. The molecule has 4 atom stereocenters. The maximum atomic E-state index is 14.7. The van der Waals surface area contributed by atoms with E-state index in [0.29, 0.717) is 67.6 Å². The minimum Gasteiger partial charge on any atom is -0.493 e. The summed E-state index contributed by atoms with van der Waals surface area (Å²) in [5, 5.41) is 26.3. The van der Waals surface area contributed by atoms with Gasteiger partial charge in [-0.1, -0.05) is 79.2 Å². The molecule has 1 amide bonds. The van der Waals surface area contributed by atoms with Gasteiger partial charge in [0.2, 0.25) is 5.91 Å². The van der Waals surface area contributed by atoms with Crippen LogP contribution in [0.15, 0.2) is 109 Å². The first-order valence-electron chi connectivity index (χ1n) is 20.5. The quantitative estimate of drug-likeness (QED) is 0.108. The van der Waals surface area contributed by atoms with E-state index in [1.54, 1.807) is 37.3 Å². The van der Waals surface area contributed by atoms with E-state index in [1.165, 1.54) is 6.07 Å². The number of fused-ring (bicyclic) bond motifs is 9. The number of rotatable bonds is 10. The molecule has 3 aliphatic rings. The molecule has 0 aliphatic heterocycles. The van der Waals surface area contributed by atoms with Crippen molar-refractivity contribution in [2.75, 3.05) is 20.8 Å². The van der Waals surface area contributed by atoms with Crippen molar-refractivity contribution in [3.63, 3.8) is 0 Å². The van der Waals surface area contributed by atoms with Crippen LogP contribution in [0.4, 0.5) is 8.78 Å². The SMILES string of the molecule is COc1ccc(CC(=O)N(Cc2cccc3ccccc23)C[C@]2(O)CC[C@H]3c4ccc(cc4C(=O)c4ccc(F)c(F)c4)C[C@@H](O)CCC(C)=CCC[C@@]32C)cc1OC. The van der Waals surface area contributed by atoms with Crippen LogP contribution in [0.5, 0.6) is 11.5 Å². The number of methoxy groups -OCH3 is 2. The van der Waals surface area contributed by atoms with Crippen LogP contribution in [0.3, 0.4) is 0 Å². The third-order valence-electron chi connectivity index (χ3n) is 12.9. The number of benzene rings is 5. The molecule has 1 fully saturated rings. The summed E-state index contributed by atoms with van der Waals surface area (Å²) >= 11 is 0. The Labute approximate surface area is 345 Å². The fourth-order valence-electron chi connectivity index (χ4n) is 9.45. The summed E-state index contributed by atoms with van der Waals surface area (Å²) in [5.74, 6) is -2.05. The molecular weight excluding hydrogens is 749 g/mol. The van der Waals surface area contributed by atoms with Gasteiger partial charge in [0.25, 0.3) is 0 Å². The Morgan fingerprint density at radius 1 is 0.864 bits per heavy atom. The highest BCUT2D eigenvalue weighted by Crippen LogP contribution is 2.59. The molecule has 3 aliphatic carbocycles. The van der Waals surface area contributed by atoms with Gasteiger partial charge in [0.1, 0.15) is 0 Å². The third-order valence-corrected chi connectivity index (χ3v) is 12.9. The number of ketones is 1. The van der Waals surface area contributed by atoms with Gasteiger partial charge >= 0.3 is 0 Å². The van der Waals surface area contributed by atoms with Crippen LogP contribution >= 0.6 is 0 Å². The number of carbonyl (C=O) groups excluding carboxylic acids is 2. The highest BCUT2D eigenvalue weighted by atomic mass is 19.2. The van der Waals surface area contributed by atoms with Crippen LogP contribution in [0.2, 0.25) is 0 Å². The van der Waals surface area contributed by atoms with Crippen molar-refractivity contribution >= 4 is 22.5 Å². The number of carbonyl (C=O) groups is 2. The third kappa shape index (κ3) is 8.68. The van der Waals surface area contributed by atoms with E-state index in [1.807, 2.05) is 60.7 Å². The number of aliphatic hydroxyl groups excluding tert-OH is 1. The van der Waals surface area contributed by atoms with Crippen LogP contribution in [-0.4, -0.2) is 59.3 Å². The standard InChI is InChI=1S/C50H53F2NO6/c1-32-9-8-23-49(2)42(40-19-15-33(25-38(54)18-14-32)26-41(40)48(56)36-17-20-43(51)44(52)29-36)22-24-50(49,57)31-53(30-37-12-7-11-35-10-5-6-13-39(35)37)47(55)28-34-16-21-45(58-3)46(27-34)59-4/h5-7,9-13,15-17,19-21,26-27,29,38,42,54,57H,8,14,18,22-25,28,30-31H2,1-4H3/t38-,42-,49-,50+/m0/s1. The highest BCUT2D eigenvalue weighted by Gasteiger charge is 2.57. The largest absolute Gasteiger partial charge is 0.493 e. The van der Waals surface area contributed by atoms with Gasteiger partial charge in [-0.2, -0.15) is 0 Å². The summed E-state index contributed by atoms with van der Waals surface area (Å²) in [5.41, 5.74) is 2.39. The maximum absolute atomic E-state index is 14.7. The van der Waals surface area contributed by atoms with Gasteiger partial charge in [-0.25, -0.2) is 8.78 Å². The van der Waals surface area contributed by atoms with E-state index in [4.69, 9.17) is 9.47 Å². The molecule has 8 rings (SSSR count). The Bertz CT molecular complexity index is 2390. The number of allylic oxidation sites excluding steroid dienone is 2. The van der Waals surface area contributed by atoms with Crippen molar-refractivity contribution in [1.82, 2.24) is 4.90 Å². The molecule has 0 spiro atoms. The zero-order valence-electron chi connectivity index (χ0n) is 34.3. The first-order chi connectivity index (χ1) is 28.3. The summed E-state index contributed by atoms with van der Waals surface area (Å²) in [6, 6.07) is 28.3. The summed E-state index contributed by atoms with van der Waals surface area (Å²) < 4.78 is 39.6. The minimum absolute atomic E-state index is 0.0134. The van der Waals surface area contributed by atoms with Gasteiger partial charge in [-0.05, 0) is 127 Å². The first-order valence-corrected chi connectivity index (χ1v) is 20.5. The lowest BCUT2D eigenvalue weighted by atomic mass is 9.64. The molecule has 2 bridgehead atoms. The normalized spacial score (nSPS) is 22.0. The Kier molecular flexibility index (Phi) is 12.4. The molecule has 0 saturated heterocycles. The Hall–Kier alpha value is -5.38. The van der Waals surface area contributed by atoms with Crippen LogP contribution in [-0.2, 0) is 24.2 Å². The number of hydrogen-bond donors (Lipinski definition) is 2. The van der Waals surface area contributed by atoms with E-state index < -0.39 is 34.5 Å². The maximum Gasteiger partial charge on any atom is 0.227 e. The number of amides is 1. The minimum atomic E-state index is -1.40. The van der Waals surface area contributed by atoms with Crippen molar-refractivity contribution in [1.29, 1.82) is 0 Å². The van der Waals surface area contributed by atoms with Crippen molar-refractivity contribution in [3.8, 4) is 11.5 Å². The second kappa shape index (κ2) is 17.5. The number of ether oxygens (including phenoxy) is 2. The predicted molar refractivity (Wildman–Crippen MR) is 226 cm³/mol. The lowest BCUT2D eigenvalue weighted by Crippen LogP contribution is -2.53. The molecule has 308 valence electrons. The smallest absolute Gasteiger partial charge is 0.227 e. The molecule has 2 N–H and O–H groups in total. The Balaban J connectivity index is 1.31. The molecule has 5 aromatic rings. The van der Waals surface area contributed by atoms with Crippen molar-refractivity contribution < 1.29 is 38.1 Å². The van der Waals surface area contributed by atoms with Gasteiger partial charge in [0.15, 0.2) is 28.9 Å². The summed E-state index contributed by atoms with van der Waals surface area (Å²) in [6.45, 7) is 4.42. The van der Waals surface area contributed by atoms with Gasteiger partial charge in [0, 0.05) is 23.1 Å². The zero-order valence-corrected chi connectivity index (χ0v) is 34.3. The van der Waals surface area contributed by atoms with Gasteiger partial charge in [0.05, 0.1) is 38.9 Å². The number of nitrogens with zero attached hydrogens (tertiary/aromatic N) is 1. The summed E-state index contributed by atoms with van der Waals surface area (Å²) in [4.78, 5) is 30.9. The van der Waals surface area contributed by atoms with Crippen LogP contribution in [0.1, 0.15) is 96.5 Å². The van der Waals surface area contributed by atoms with E-state index in [2.05, 4.69) is 19.9 Å². The van der Waals surface area contributed by atoms with E-state index >= 15 is 0 Å².